The Labute approximate surface area is 349 Å². The molecule has 0 atom stereocenters. The fourth-order valence-corrected chi connectivity index (χ4v) is 10.8. The van der Waals surface area contributed by atoms with E-state index >= 15 is 0 Å². The molecule has 0 unspecified atom stereocenters. The van der Waals surface area contributed by atoms with Crippen LogP contribution in [-0.4, -0.2) is 21.5 Å². The van der Waals surface area contributed by atoms with Gasteiger partial charge in [0, 0.05) is 9.52 Å². The molecule has 0 saturated heterocycles. The fraction of sp³-hybridized carbons (Fsp3) is 0.211. The first-order chi connectivity index (χ1) is 23.8. The first-order valence-electron chi connectivity index (χ1n) is 16.0. The Kier molecular flexibility index (Phi) is 20.4. The maximum absolute atomic E-state index is 5.76. The molecule has 0 aliphatic rings. The third-order valence-electron chi connectivity index (χ3n) is 7.59. The number of fused-ring (bicyclic) bond motifs is 2. The van der Waals surface area contributed by atoms with Crippen molar-refractivity contribution < 1.29 is 20.8 Å². The van der Waals surface area contributed by atoms with Crippen molar-refractivity contribution in [3.63, 3.8) is 0 Å². The van der Waals surface area contributed by atoms with Gasteiger partial charge in [-0.1, -0.05) is 123 Å². The molecule has 0 saturated carbocycles. The molecular weight excluding hydrogens is 916 g/mol. The van der Waals surface area contributed by atoms with Crippen molar-refractivity contribution in [3.05, 3.63) is 132 Å². The van der Waals surface area contributed by atoms with Crippen LogP contribution in [0, 0.1) is 13.8 Å². The Morgan fingerprint density at radius 3 is 1.24 bits per heavy atom. The summed E-state index contributed by atoms with van der Waals surface area (Å²) in [5.41, 5.74) is 7.89. The molecule has 0 spiro atoms. The van der Waals surface area contributed by atoms with E-state index in [1.165, 1.54) is 54.9 Å². The van der Waals surface area contributed by atoms with Gasteiger partial charge in [-0.25, -0.2) is 0 Å². The van der Waals surface area contributed by atoms with E-state index < -0.39 is 32.9 Å². The molecule has 0 bridgehead atoms. The molecule has 0 aliphatic heterocycles. The summed E-state index contributed by atoms with van der Waals surface area (Å²) < 4.78 is 0. The molecule has 2 radical (unpaired) electrons. The van der Waals surface area contributed by atoms with Crippen molar-refractivity contribution in [3.8, 4) is 22.3 Å². The van der Waals surface area contributed by atoms with Gasteiger partial charge in [-0.2, -0.15) is 12.1 Å². The molecule has 262 valence electrons. The van der Waals surface area contributed by atoms with E-state index in [0.29, 0.717) is 0 Å². The van der Waals surface area contributed by atoms with Gasteiger partial charge in [-0.15, -0.1) is 136 Å². The Morgan fingerprint density at radius 2 is 0.900 bits per heavy atom. The number of hydrogen-bond acceptors (Lipinski definition) is 0. The normalized spacial score (nSPS) is 11.1. The maximum atomic E-state index is 5.76. The summed E-state index contributed by atoms with van der Waals surface area (Å²) in [5, 5.41) is 5.37. The molecular formula is C38H38Cl8Si3Zr. The number of halogens is 8. The molecule has 0 fully saturated rings. The molecule has 6 aromatic rings. The topological polar surface area (TPSA) is 0 Å². The average molecular weight is 954 g/mol. The Morgan fingerprint density at radius 1 is 0.540 bits per heavy atom. The zero-order valence-electron chi connectivity index (χ0n) is 27.8. The van der Waals surface area contributed by atoms with Crippen LogP contribution in [0.5, 0.6) is 0 Å². The van der Waals surface area contributed by atoms with E-state index in [4.69, 9.17) is 83.5 Å². The summed E-state index contributed by atoms with van der Waals surface area (Å²) in [6, 6.07) is 42.1. The van der Waals surface area contributed by atoms with Gasteiger partial charge in [-0.05, 0) is 23.2 Å². The van der Waals surface area contributed by atoms with Crippen molar-refractivity contribution in [1.82, 2.24) is 0 Å². The number of benzene rings is 4. The van der Waals surface area contributed by atoms with Crippen molar-refractivity contribution in [2.45, 2.75) is 50.9 Å². The van der Waals surface area contributed by atoms with E-state index in [0.717, 1.165) is 46.5 Å². The van der Waals surface area contributed by atoms with E-state index in [1.807, 2.05) is 0 Å². The number of rotatable bonds is 10. The van der Waals surface area contributed by atoms with Crippen LogP contribution in [0.15, 0.2) is 121 Å². The average Bonchev–Trinajstić information content (AvgIpc) is 3.65. The number of hydrogen-bond donors (Lipinski definition) is 0. The molecule has 0 amide bonds. The van der Waals surface area contributed by atoms with Crippen molar-refractivity contribution in [2.75, 3.05) is 0 Å². The number of aryl methyl sites for hydroxylation is 2. The minimum atomic E-state index is -2.39. The summed E-state index contributed by atoms with van der Waals surface area (Å²) in [6.07, 6.45) is 2.01. The molecule has 12 heteroatoms. The van der Waals surface area contributed by atoms with Gasteiger partial charge < -0.3 is 0 Å². The third kappa shape index (κ3) is 16.5. The Hall–Kier alpha value is -0.0462. The summed E-state index contributed by atoms with van der Waals surface area (Å²) in [7, 11) is 10.8. The van der Waals surface area contributed by atoms with Gasteiger partial charge >= 0.3 is 49.9 Å². The van der Waals surface area contributed by atoms with Gasteiger partial charge in [0.2, 0.25) is 0 Å². The molecule has 0 heterocycles. The van der Waals surface area contributed by atoms with Crippen LogP contribution in [0.2, 0.25) is 24.2 Å². The monoisotopic (exact) mass is 948 g/mol. The third-order valence-corrected chi connectivity index (χ3v) is 14.2. The van der Waals surface area contributed by atoms with E-state index in [9.17, 15) is 0 Å². The zero-order chi connectivity index (χ0) is 36.6. The van der Waals surface area contributed by atoms with Crippen molar-refractivity contribution >= 4 is 127 Å². The van der Waals surface area contributed by atoms with E-state index in [1.54, 1.807) is 0 Å². The predicted octanol–water partition coefficient (Wildman–Crippen LogP) is 16.1. The van der Waals surface area contributed by atoms with Crippen LogP contribution in [0.3, 0.4) is 0 Å². The van der Waals surface area contributed by atoms with Crippen LogP contribution in [0.25, 0.3) is 43.8 Å². The molecule has 50 heavy (non-hydrogen) atoms. The first-order valence-corrected chi connectivity index (χ1v) is 34.3. The molecule has 0 aliphatic carbocycles. The summed E-state index contributed by atoms with van der Waals surface area (Å²) >= 11 is 33.7. The van der Waals surface area contributed by atoms with Gasteiger partial charge in [0.1, 0.15) is 0 Å². The van der Waals surface area contributed by atoms with Crippen LogP contribution < -0.4 is 0 Å². The first kappa shape index (κ1) is 44.4. The minimum absolute atomic E-state index is 0.754. The van der Waals surface area contributed by atoms with Crippen LogP contribution in [0.4, 0.5) is 0 Å². The summed E-state index contributed by atoms with van der Waals surface area (Å²) in [6.45, 7) is 4.30. The van der Waals surface area contributed by atoms with Gasteiger partial charge in [0.05, 0.1) is 0 Å². The summed E-state index contributed by atoms with van der Waals surface area (Å²) in [5.74, 6) is 0. The molecule has 6 aromatic carbocycles. The van der Waals surface area contributed by atoms with E-state index in [-0.39, 0.29) is 0 Å². The standard InChI is InChI=1S/2C16H13.C6H12Cl6Si3.2ClH.Zr/c2*1-12-10-14-8-5-9-15(16(14)11-12)13-6-3-2-4-7-13;7-14(8,9)5-1-3-13-4-2-6-15(10,11)12;;;/h2*2-11H,1H3;1-6H2;2*1H;/q2*-1;;;;+4/p-2. The van der Waals surface area contributed by atoms with Crippen molar-refractivity contribution in [2.24, 2.45) is 0 Å². The fourth-order valence-electron chi connectivity index (χ4n) is 5.46. The van der Waals surface area contributed by atoms with Crippen LogP contribution in [0.1, 0.15) is 24.0 Å². The zero-order valence-corrected chi connectivity index (χ0v) is 39.3. The molecule has 0 nitrogen and oxygen atoms in total. The van der Waals surface area contributed by atoms with Gasteiger partial charge in [-0.3, -0.25) is 0 Å². The Bertz CT molecular complexity index is 1700. The second kappa shape index (κ2) is 23.0. The van der Waals surface area contributed by atoms with Gasteiger partial charge in [0.15, 0.2) is 0 Å². The summed E-state index contributed by atoms with van der Waals surface area (Å²) in [4.78, 5) is 0. The van der Waals surface area contributed by atoms with Gasteiger partial charge in [0.25, 0.3) is 0 Å². The SMILES string of the molecule is Cc1cc2c(-c3ccccc3)cccc2[cH-]1.Cc1cc2c(-c3ccccc3)cccc2[cH-]1.Cl[Si](Cl)(Cl)CCC[Si]CCC[Si](Cl)(Cl)Cl.[Cl][Zr+2][Cl]. The molecule has 6 rings (SSSR count). The molecule has 0 N–H and O–H groups in total. The quantitative estimate of drug-likeness (QED) is 0.0556. The second-order valence-electron chi connectivity index (χ2n) is 11.7. The van der Waals surface area contributed by atoms with Crippen LogP contribution >= 0.6 is 83.5 Å². The van der Waals surface area contributed by atoms with E-state index in [2.05, 4.69) is 135 Å². The molecule has 0 aromatic heterocycles. The predicted molar refractivity (Wildman–Crippen MR) is 232 cm³/mol. The second-order valence-corrected chi connectivity index (χ2v) is 35.5. The van der Waals surface area contributed by atoms with Crippen molar-refractivity contribution in [1.29, 1.82) is 0 Å². The Balaban J connectivity index is 0.000000195. The van der Waals surface area contributed by atoms with Crippen LogP contribution in [-0.2, 0) is 20.8 Å².